The number of hydrogen-bond acceptors (Lipinski definition) is 1. The molecule has 0 spiro atoms. The van der Waals surface area contributed by atoms with Crippen molar-refractivity contribution in [3.63, 3.8) is 0 Å². The second-order valence-electron chi connectivity index (χ2n) is 5.42. The van der Waals surface area contributed by atoms with Crippen LogP contribution in [0.3, 0.4) is 0 Å². The molecular weight excluding hydrogens is 164 g/mol. The number of hydrogen-bond donors (Lipinski definition) is 1. The van der Waals surface area contributed by atoms with Crippen molar-refractivity contribution in [2.75, 3.05) is 0 Å². The van der Waals surface area contributed by atoms with Gasteiger partial charge in [-0.25, -0.2) is 0 Å². The normalized spacial score (nSPS) is 51.0. The number of fused-ring (bicyclic) bond motifs is 2. The zero-order chi connectivity index (χ0) is 8.93. The summed E-state index contributed by atoms with van der Waals surface area (Å²) in [5.41, 5.74) is 0.499. The van der Waals surface area contributed by atoms with Crippen molar-refractivity contribution in [2.24, 2.45) is 23.2 Å². The van der Waals surface area contributed by atoms with Crippen molar-refractivity contribution in [1.82, 2.24) is 0 Å². The molecule has 2 saturated carbocycles. The summed E-state index contributed by atoms with van der Waals surface area (Å²) < 4.78 is 0. The van der Waals surface area contributed by atoms with Gasteiger partial charge in [0.15, 0.2) is 0 Å². The van der Waals surface area contributed by atoms with E-state index in [1.165, 1.54) is 19.3 Å². The molecule has 4 atom stereocenters. The van der Waals surface area contributed by atoms with Gasteiger partial charge in [0.1, 0.15) is 0 Å². The lowest BCUT2D eigenvalue weighted by atomic mass is 9.77. The van der Waals surface area contributed by atoms with E-state index in [2.05, 4.69) is 20.8 Å². The fraction of sp³-hybridized carbons (Fsp3) is 1.00. The summed E-state index contributed by atoms with van der Waals surface area (Å²) in [6, 6.07) is 0. The predicted octanol–water partition coefficient (Wildman–Crippen LogP) is 3.38. The van der Waals surface area contributed by atoms with Crippen LogP contribution in [0.2, 0.25) is 0 Å². The molecule has 0 amide bonds. The third kappa shape index (κ3) is 1.05. The first-order chi connectivity index (χ1) is 5.53. The molecule has 0 heterocycles. The Morgan fingerprint density at radius 1 is 1.25 bits per heavy atom. The van der Waals surface area contributed by atoms with Gasteiger partial charge in [-0.3, -0.25) is 0 Å². The summed E-state index contributed by atoms with van der Waals surface area (Å²) in [6.45, 7) is 7.23. The number of rotatable bonds is 0. The van der Waals surface area contributed by atoms with Crippen LogP contribution in [0.15, 0.2) is 0 Å². The summed E-state index contributed by atoms with van der Waals surface area (Å²) in [5, 5.41) is 0.653. The largest absolute Gasteiger partial charge is 0.175 e. The summed E-state index contributed by atoms with van der Waals surface area (Å²) in [6.07, 6.45) is 4.33. The molecule has 1 heteroatoms. The molecule has 70 valence electrons. The van der Waals surface area contributed by atoms with Crippen LogP contribution in [0.5, 0.6) is 0 Å². The minimum atomic E-state index is 0.499. The Hall–Kier alpha value is 0.350. The van der Waals surface area contributed by atoms with E-state index >= 15 is 0 Å². The second-order valence-corrected chi connectivity index (χ2v) is 5.97. The Labute approximate surface area is 81.5 Å². The van der Waals surface area contributed by atoms with Crippen molar-refractivity contribution in [2.45, 2.75) is 45.3 Å². The lowest BCUT2D eigenvalue weighted by Gasteiger charge is -2.29. The van der Waals surface area contributed by atoms with Gasteiger partial charge in [-0.15, -0.1) is 0 Å². The van der Waals surface area contributed by atoms with Crippen molar-refractivity contribution in [3.8, 4) is 0 Å². The molecule has 0 aromatic carbocycles. The highest BCUT2D eigenvalue weighted by atomic mass is 32.1. The molecule has 2 fully saturated rings. The average molecular weight is 184 g/mol. The van der Waals surface area contributed by atoms with E-state index in [1.54, 1.807) is 0 Å². The molecule has 0 saturated heterocycles. The van der Waals surface area contributed by atoms with E-state index in [0.717, 1.165) is 17.8 Å². The van der Waals surface area contributed by atoms with E-state index in [0.29, 0.717) is 10.7 Å². The van der Waals surface area contributed by atoms with Gasteiger partial charge in [0.2, 0.25) is 0 Å². The van der Waals surface area contributed by atoms with Gasteiger partial charge in [0, 0.05) is 5.25 Å². The van der Waals surface area contributed by atoms with Crippen LogP contribution in [0, 0.1) is 23.2 Å². The Morgan fingerprint density at radius 2 is 1.92 bits per heavy atom. The quantitative estimate of drug-likeness (QED) is 0.548. The first-order valence-electron chi connectivity index (χ1n) is 5.21. The van der Waals surface area contributed by atoms with Gasteiger partial charge < -0.3 is 0 Å². The van der Waals surface area contributed by atoms with Crippen molar-refractivity contribution < 1.29 is 0 Å². The van der Waals surface area contributed by atoms with Crippen LogP contribution in [0.25, 0.3) is 0 Å². The van der Waals surface area contributed by atoms with Crippen molar-refractivity contribution in [3.05, 3.63) is 0 Å². The van der Waals surface area contributed by atoms with E-state index in [9.17, 15) is 0 Å². The van der Waals surface area contributed by atoms with Crippen molar-refractivity contribution >= 4 is 12.6 Å². The lowest BCUT2D eigenvalue weighted by molar-refractivity contribution is 0.224. The molecular formula is C11H20S. The van der Waals surface area contributed by atoms with Gasteiger partial charge >= 0.3 is 0 Å². The van der Waals surface area contributed by atoms with Crippen LogP contribution in [-0.2, 0) is 0 Å². The molecule has 0 aromatic rings. The standard InChI is InChI=1S/C11H20S/c1-7-4-5-8-6-9(7)10(12)11(8,2)3/h7-10,12H,4-6H2,1-3H3/t7-,8-,9-,10-/m1/s1. The smallest absolute Gasteiger partial charge is 0.0102 e. The maximum absolute atomic E-state index is 4.81. The van der Waals surface area contributed by atoms with E-state index in [4.69, 9.17) is 12.6 Å². The Morgan fingerprint density at radius 3 is 2.50 bits per heavy atom. The maximum Gasteiger partial charge on any atom is 0.0102 e. The van der Waals surface area contributed by atoms with Crippen LogP contribution < -0.4 is 0 Å². The molecule has 12 heavy (non-hydrogen) atoms. The van der Waals surface area contributed by atoms with E-state index in [-0.39, 0.29) is 0 Å². The minimum absolute atomic E-state index is 0.499. The molecule has 0 aliphatic heterocycles. The lowest BCUT2D eigenvalue weighted by Crippen LogP contribution is -2.26. The molecule has 0 radical (unpaired) electrons. The van der Waals surface area contributed by atoms with Gasteiger partial charge in [0.25, 0.3) is 0 Å². The molecule has 2 aliphatic rings. The fourth-order valence-corrected chi connectivity index (χ4v) is 3.89. The molecule has 2 aliphatic carbocycles. The van der Waals surface area contributed by atoms with E-state index < -0.39 is 0 Å². The average Bonchev–Trinajstić information content (AvgIpc) is 2.20. The molecule has 0 aromatic heterocycles. The summed E-state index contributed by atoms with van der Waals surface area (Å²) in [7, 11) is 0. The van der Waals surface area contributed by atoms with Gasteiger partial charge in [0.05, 0.1) is 0 Å². The third-order valence-electron chi connectivity index (χ3n) is 4.48. The monoisotopic (exact) mass is 184 g/mol. The molecule has 0 unspecified atom stereocenters. The zero-order valence-corrected chi connectivity index (χ0v) is 9.27. The van der Waals surface area contributed by atoms with Crippen LogP contribution in [0.4, 0.5) is 0 Å². The maximum atomic E-state index is 4.81. The number of thiol groups is 1. The van der Waals surface area contributed by atoms with Crippen LogP contribution in [0.1, 0.15) is 40.0 Å². The topological polar surface area (TPSA) is 0 Å². The highest BCUT2D eigenvalue weighted by Crippen LogP contribution is 2.57. The van der Waals surface area contributed by atoms with Crippen molar-refractivity contribution in [1.29, 1.82) is 0 Å². The molecule has 0 nitrogen and oxygen atoms in total. The SMILES string of the molecule is C[C@@H]1CC[C@@H]2C[C@H]1[C@@H](S)C2(C)C. The second kappa shape index (κ2) is 2.67. The van der Waals surface area contributed by atoms with Gasteiger partial charge in [-0.2, -0.15) is 12.6 Å². The molecule has 2 rings (SSSR count). The fourth-order valence-electron chi connectivity index (χ4n) is 3.27. The van der Waals surface area contributed by atoms with Crippen LogP contribution >= 0.6 is 12.6 Å². The van der Waals surface area contributed by atoms with Crippen LogP contribution in [-0.4, -0.2) is 5.25 Å². The highest BCUT2D eigenvalue weighted by Gasteiger charge is 2.50. The summed E-state index contributed by atoms with van der Waals surface area (Å²) in [5.74, 6) is 2.79. The minimum Gasteiger partial charge on any atom is -0.175 e. The van der Waals surface area contributed by atoms with Gasteiger partial charge in [-0.1, -0.05) is 27.2 Å². The predicted molar refractivity (Wildman–Crippen MR) is 56.6 cm³/mol. The molecule has 0 N–H and O–H groups in total. The highest BCUT2D eigenvalue weighted by molar-refractivity contribution is 7.81. The Bertz CT molecular complexity index is 185. The Kier molecular flexibility index (Phi) is 1.98. The summed E-state index contributed by atoms with van der Waals surface area (Å²) in [4.78, 5) is 0. The van der Waals surface area contributed by atoms with E-state index in [1.807, 2.05) is 0 Å². The summed E-state index contributed by atoms with van der Waals surface area (Å²) >= 11 is 4.81. The first kappa shape index (κ1) is 8.93. The first-order valence-corrected chi connectivity index (χ1v) is 5.73. The molecule has 2 bridgehead atoms. The zero-order valence-electron chi connectivity index (χ0n) is 8.38. The van der Waals surface area contributed by atoms with Gasteiger partial charge in [-0.05, 0) is 36.0 Å². The third-order valence-corrected chi connectivity index (χ3v) is 5.53. The Balaban J connectivity index is 2.25.